The van der Waals surface area contributed by atoms with Crippen LogP contribution < -0.4 is 4.90 Å². The first-order chi connectivity index (χ1) is 12.9. The molecule has 4 rings (SSSR count). The lowest BCUT2D eigenvalue weighted by Gasteiger charge is -2.34. The quantitative estimate of drug-likeness (QED) is 0.742. The van der Waals surface area contributed by atoms with Crippen LogP contribution >= 0.6 is 0 Å². The van der Waals surface area contributed by atoms with E-state index in [1.54, 1.807) is 0 Å². The van der Waals surface area contributed by atoms with Gasteiger partial charge in [0, 0.05) is 56.0 Å². The molecule has 2 aromatic heterocycles. The molecule has 0 radical (unpaired) electrons. The number of piperazine rings is 1. The van der Waals surface area contributed by atoms with E-state index in [9.17, 15) is 0 Å². The Hall–Kier alpha value is -2.73. The zero-order valence-electron chi connectivity index (χ0n) is 14.9. The highest BCUT2D eigenvalue weighted by atomic mass is 15.3. The number of rotatable bonds is 6. The fraction of sp³-hybridized carbons (Fsp3) is 0.350. The van der Waals surface area contributed by atoms with Gasteiger partial charge < -0.3 is 9.88 Å². The summed E-state index contributed by atoms with van der Waals surface area (Å²) in [5, 5.41) is 0. The van der Waals surface area contributed by atoms with Gasteiger partial charge in [-0.1, -0.05) is 30.3 Å². The highest BCUT2D eigenvalue weighted by Crippen LogP contribution is 2.16. The number of aromatic amines is 1. The van der Waals surface area contributed by atoms with E-state index in [1.807, 2.05) is 42.9 Å². The maximum absolute atomic E-state index is 4.51. The number of aromatic nitrogens is 4. The fourth-order valence-electron chi connectivity index (χ4n) is 3.35. The van der Waals surface area contributed by atoms with Crippen LogP contribution in [0, 0.1) is 0 Å². The predicted octanol–water partition coefficient (Wildman–Crippen LogP) is 2.62. The van der Waals surface area contributed by atoms with Crippen molar-refractivity contribution in [3.05, 3.63) is 60.7 Å². The van der Waals surface area contributed by atoms with Gasteiger partial charge in [0.15, 0.2) is 0 Å². The summed E-state index contributed by atoms with van der Waals surface area (Å²) in [6.45, 7) is 5.23. The Labute approximate surface area is 153 Å². The van der Waals surface area contributed by atoms with E-state index in [4.69, 9.17) is 0 Å². The van der Waals surface area contributed by atoms with Crippen molar-refractivity contribution in [3.8, 4) is 11.4 Å². The lowest BCUT2D eigenvalue weighted by atomic mass is 10.2. The third kappa shape index (κ3) is 4.08. The number of aryl methyl sites for hydroxylation is 1. The molecule has 0 unspecified atom stereocenters. The SMILES string of the molecule is c1ccc(-c2ncc(CCCN3CCN(c4ncccn4)CC3)[nH]2)cc1. The van der Waals surface area contributed by atoms with Crippen LogP contribution in [0.4, 0.5) is 5.95 Å². The molecule has 1 saturated heterocycles. The minimum Gasteiger partial charge on any atom is -0.342 e. The van der Waals surface area contributed by atoms with Crippen LogP contribution in [-0.4, -0.2) is 57.6 Å². The molecular weight excluding hydrogens is 324 g/mol. The minimum atomic E-state index is 0.845. The van der Waals surface area contributed by atoms with Crippen LogP contribution in [0.2, 0.25) is 0 Å². The molecule has 134 valence electrons. The third-order valence-electron chi connectivity index (χ3n) is 4.80. The minimum absolute atomic E-state index is 0.845. The third-order valence-corrected chi connectivity index (χ3v) is 4.80. The molecule has 6 heteroatoms. The van der Waals surface area contributed by atoms with Crippen LogP contribution in [0.3, 0.4) is 0 Å². The molecule has 0 amide bonds. The largest absolute Gasteiger partial charge is 0.342 e. The smallest absolute Gasteiger partial charge is 0.225 e. The van der Waals surface area contributed by atoms with Crippen molar-refractivity contribution in [1.29, 1.82) is 0 Å². The molecule has 0 spiro atoms. The van der Waals surface area contributed by atoms with Crippen molar-refractivity contribution in [2.45, 2.75) is 12.8 Å². The summed E-state index contributed by atoms with van der Waals surface area (Å²) in [4.78, 5) is 21.4. The van der Waals surface area contributed by atoms with Gasteiger partial charge in [0.1, 0.15) is 5.82 Å². The molecule has 0 saturated carbocycles. The average molecular weight is 348 g/mol. The van der Waals surface area contributed by atoms with Crippen molar-refractivity contribution in [3.63, 3.8) is 0 Å². The molecule has 1 N–H and O–H groups in total. The number of nitrogens with zero attached hydrogens (tertiary/aromatic N) is 5. The number of benzene rings is 1. The molecule has 0 bridgehead atoms. The topological polar surface area (TPSA) is 60.9 Å². The van der Waals surface area contributed by atoms with E-state index in [0.717, 1.165) is 62.9 Å². The van der Waals surface area contributed by atoms with Crippen molar-refractivity contribution in [1.82, 2.24) is 24.8 Å². The van der Waals surface area contributed by atoms with Gasteiger partial charge in [-0.05, 0) is 25.5 Å². The van der Waals surface area contributed by atoms with Crippen LogP contribution in [0.1, 0.15) is 12.1 Å². The summed E-state index contributed by atoms with van der Waals surface area (Å²) >= 11 is 0. The van der Waals surface area contributed by atoms with Crippen molar-refractivity contribution < 1.29 is 0 Å². The number of imidazole rings is 1. The first-order valence-corrected chi connectivity index (χ1v) is 9.22. The lowest BCUT2D eigenvalue weighted by Crippen LogP contribution is -2.47. The highest BCUT2D eigenvalue weighted by molar-refractivity contribution is 5.54. The molecule has 1 aromatic carbocycles. The van der Waals surface area contributed by atoms with Crippen molar-refractivity contribution in [2.75, 3.05) is 37.6 Å². The summed E-state index contributed by atoms with van der Waals surface area (Å²) in [7, 11) is 0. The molecule has 0 atom stereocenters. The van der Waals surface area contributed by atoms with E-state index in [0.29, 0.717) is 0 Å². The second kappa shape index (κ2) is 8.10. The Morgan fingerprint density at radius 2 is 1.65 bits per heavy atom. The predicted molar refractivity (Wildman–Crippen MR) is 103 cm³/mol. The van der Waals surface area contributed by atoms with Crippen LogP contribution in [0.25, 0.3) is 11.4 Å². The first-order valence-electron chi connectivity index (χ1n) is 9.22. The summed E-state index contributed by atoms with van der Waals surface area (Å²) in [6.07, 6.45) is 7.75. The Balaban J connectivity index is 1.22. The molecule has 6 nitrogen and oxygen atoms in total. The van der Waals surface area contributed by atoms with Gasteiger partial charge in [-0.3, -0.25) is 4.90 Å². The molecule has 0 aliphatic carbocycles. The second-order valence-corrected chi connectivity index (χ2v) is 6.60. The van der Waals surface area contributed by atoms with Gasteiger partial charge in [0.05, 0.1) is 0 Å². The number of nitrogens with one attached hydrogen (secondary N) is 1. The van der Waals surface area contributed by atoms with Gasteiger partial charge in [0.25, 0.3) is 0 Å². The van der Waals surface area contributed by atoms with Gasteiger partial charge in [0.2, 0.25) is 5.95 Å². The number of hydrogen-bond donors (Lipinski definition) is 1. The van der Waals surface area contributed by atoms with Crippen molar-refractivity contribution in [2.24, 2.45) is 0 Å². The van der Waals surface area contributed by atoms with Gasteiger partial charge in [-0.15, -0.1) is 0 Å². The average Bonchev–Trinajstić information content (AvgIpc) is 3.19. The molecule has 1 fully saturated rings. The second-order valence-electron chi connectivity index (χ2n) is 6.60. The molecule has 1 aliphatic heterocycles. The van der Waals surface area contributed by atoms with Crippen molar-refractivity contribution >= 4 is 5.95 Å². The normalized spacial score (nSPS) is 15.3. The van der Waals surface area contributed by atoms with Gasteiger partial charge >= 0.3 is 0 Å². The molecular formula is C20H24N6. The first kappa shape index (κ1) is 16.7. The molecule has 3 aromatic rings. The van der Waals surface area contributed by atoms with Crippen LogP contribution in [0.5, 0.6) is 0 Å². The Bertz CT molecular complexity index is 793. The molecule has 1 aliphatic rings. The van der Waals surface area contributed by atoms with Crippen LogP contribution in [-0.2, 0) is 6.42 Å². The maximum atomic E-state index is 4.51. The van der Waals surface area contributed by atoms with E-state index in [1.165, 1.54) is 5.69 Å². The number of anilines is 1. The summed E-state index contributed by atoms with van der Waals surface area (Å²) in [5.74, 6) is 1.80. The summed E-state index contributed by atoms with van der Waals surface area (Å²) < 4.78 is 0. The number of H-pyrrole nitrogens is 1. The molecule has 26 heavy (non-hydrogen) atoms. The Morgan fingerprint density at radius 3 is 2.42 bits per heavy atom. The van der Waals surface area contributed by atoms with Gasteiger partial charge in [-0.2, -0.15) is 0 Å². The summed E-state index contributed by atoms with van der Waals surface area (Å²) in [6, 6.07) is 12.1. The summed E-state index contributed by atoms with van der Waals surface area (Å²) in [5.41, 5.74) is 2.35. The van der Waals surface area contributed by atoms with Crippen LogP contribution in [0.15, 0.2) is 55.0 Å². The van der Waals surface area contributed by atoms with Gasteiger partial charge in [-0.25, -0.2) is 15.0 Å². The van der Waals surface area contributed by atoms with E-state index in [-0.39, 0.29) is 0 Å². The molecule has 3 heterocycles. The zero-order valence-corrected chi connectivity index (χ0v) is 14.9. The highest BCUT2D eigenvalue weighted by Gasteiger charge is 2.18. The maximum Gasteiger partial charge on any atom is 0.225 e. The Kier molecular flexibility index (Phi) is 5.21. The lowest BCUT2D eigenvalue weighted by molar-refractivity contribution is 0.253. The van der Waals surface area contributed by atoms with E-state index in [2.05, 4.69) is 41.9 Å². The van der Waals surface area contributed by atoms with E-state index < -0.39 is 0 Å². The fourth-order valence-corrected chi connectivity index (χ4v) is 3.35. The monoisotopic (exact) mass is 348 g/mol. The van der Waals surface area contributed by atoms with E-state index >= 15 is 0 Å². The Morgan fingerprint density at radius 1 is 0.885 bits per heavy atom. The number of hydrogen-bond acceptors (Lipinski definition) is 5. The standard InChI is InChI=1S/C20H24N6/c1-2-6-17(7-3-1)19-23-16-18(24-19)8-4-11-25-12-14-26(15-13-25)20-21-9-5-10-22-20/h1-3,5-7,9-10,16H,4,8,11-15H2,(H,23,24). The zero-order chi connectivity index (χ0) is 17.6.